The summed E-state index contributed by atoms with van der Waals surface area (Å²) >= 11 is 0. The van der Waals surface area contributed by atoms with E-state index in [1.807, 2.05) is 55.5 Å². The van der Waals surface area contributed by atoms with Crippen LogP contribution in [-0.4, -0.2) is 35.4 Å². The predicted octanol–water partition coefficient (Wildman–Crippen LogP) is 7.09. The number of fused-ring (bicyclic) bond motifs is 5. The van der Waals surface area contributed by atoms with E-state index >= 15 is 0 Å². The molecule has 4 aliphatic carbocycles. The summed E-state index contributed by atoms with van der Waals surface area (Å²) in [5.74, 6) is 1.52. The molecule has 6 rings (SSSR count). The van der Waals surface area contributed by atoms with Crippen LogP contribution >= 0.6 is 0 Å². The van der Waals surface area contributed by atoms with E-state index in [4.69, 9.17) is 9.47 Å². The molecule has 0 aromatic heterocycles. The highest BCUT2D eigenvalue weighted by molar-refractivity contribution is 5.89. The van der Waals surface area contributed by atoms with Crippen LogP contribution in [0.25, 0.3) is 0 Å². The Hall–Kier alpha value is -2.66. The SMILES string of the molecule is CC(OC(=O)c1ccccc1)C1CCC2C3CCC4CC(OC(=O)c5ccccc5)CCC4(C)C3C(O)CC12C. The molecular weight excluding hydrogens is 500 g/mol. The first-order chi connectivity index (χ1) is 19.2. The van der Waals surface area contributed by atoms with Gasteiger partial charge in [0.1, 0.15) is 12.2 Å². The van der Waals surface area contributed by atoms with Gasteiger partial charge in [-0.1, -0.05) is 50.2 Å². The third kappa shape index (κ3) is 4.68. The summed E-state index contributed by atoms with van der Waals surface area (Å²) in [5, 5.41) is 11.8. The monoisotopic (exact) mass is 544 g/mol. The van der Waals surface area contributed by atoms with Crippen molar-refractivity contribution in [3.63, 3.8) is 0 Å². The van der Waals surface area contributed by atoms with Crippen LogP contribution < -0.4 is 0 Å². The van der Waals surface area contributed by atoms with Gasteiger partial charge < -0.3 is 14.6 Å². The molecule has 0 amide bonds. The minimum Gasteiger partial charge on any atom is -0.459 e. The quantitative estimate of drug-likeness (QED) is 0.407. The number of aliphatic hydroxyl groups is 1. The highest BCUT2D eigenvalue weighted by atomic mass is 16.5. The predicted molar refractivity (Wildman–Crippen MR) is 154 cm³/mol. The maximum Gasteiger partial charge on any atom is 0.338 e. The van der Waals surface area contributed by atoms with Crippen molar-refractivity contribution in [2.75, 3.05) is 0 Å². The molecule has 4 saturated carbocycles. The van der Waals surface area contributed by atoms with Gasteiger partial charge >= 0.3 is 11.9 Å². The molecule has 2 aromatic rings. The lowest BCUT2D eigenvalue weighted by atomic mass is 9.43. The Balaban J connectivity index is 1.14. The molecule has 40 heavy (non-hydrogen) atoms. The fraction of sp³-hybridized carbons (Fsp3) is 0.600. The molecular formula is C35H44O5. The molecule has 1 N–H and O–H groups in total. The molecule has 5 nitrogen and oxygen atoms in total. The largest absolute Gasteiger partial charge is 0.459 e. The second-order valence-electron chi connectivity index (χ2n) is 13.7. The Bertz CT molecular complexity index is 1210. The number of carbonyl (C=O) groups excluding carboxylic acids is 2. The Morgan fingerprint density at radius 3 is 2.17 bits per heavy atom. The standard InChI is InChI=1S/C35H44O5/c1-22(39-32(37)23-10-6-4-7-11-23)28-16-17-29-27-15-14-25-20-26(40-33(38)24-12-8-5-9-13-24)18-19-34(25,2)31(27)30(36)21-35(28,29)3/h4-13,22,25-31,36H,14-21H2,1-3H3. The van der Waals surface area contributed by atoms with Gasteiger partial charge in [0, 0.05) is 5.92 Å². The number of hydrogen-bond acceptors (Lipinski definition) is 5. The topological polar surface area (TPSA) is 72.8 Å². The number of benzene rings is 2. The smallest absolute Gasteiger partial charge is 0.338 e. The van der Waals surface area contributed by atoms with Crippen LogP contribution in [0.4, 0.5) is 0 Å². The second kappa shape index (κ2) is 10.6. The molecule has 10 atom stereocenters. The number of hydrogen-bond donors (Lipinski definition) is 1. The Labute approximate surface area is 238 Å². The molecule has 0 bridgehead atoms. The maximum absolute atomic E-state index is 12.8. The minimum atomic E-state index is -0.361. The minimum absolute atomic E-state index is 0.0391. The van der Waals surface area contributed by atoms with Gasteiger partial charge in [-0.15, -0.1) is 0 Å². The Morgan fingerprint density at radius 2 is 1.50 bits per heavy atom. The maximum atomic E-state index is 12.8. The molecule has 4 aliphatic rings. The lowest BCUT2D eigenvalue weighted by molar-refractivity contribution is -0.182. The summed E-state index contributed by atoms with van der Waals surface area (Å²) in [4.78, 5) is 25.6. The van der Waals surface area contributed by atoms with Crippen molar-refractivity contribution >= 4 is 11.9 Å². The van der Waals surface area contributed by atoms with Crippen LogP contribution in [0.1, 0.15) is 92.9 Å². The molecule has 4 fully saturated rings. The highest BCUT2D eigenvalue weighted by Gasteiger charge is 2.64. The summed E-state index contributed by atoms with van der Waals surface area (Å²) in [6.45, 7) is 6.82. The van der Waals surface area contributed by atoms with Gasteiger partial charge in [0.05, 0.1) is 17.2 Å². The summed E-state index contributed by atoms with van der Waals surface area (Å²) in [7, 11) is 0. The Kier molecular flexibility index (Phi) is 7.31. The van der Waals surface area contributed by atoms with E-state index in [2.05, 4.69) is 13.8 Å². The van der Waals surface area contributed by atoms with Gasteiger partial charge in [-0.25, -0.2) is 9.59 Å². The highest BCUT2D eigenvalue weighted by Crippen LogP contribution is 2.68. The van der Waals surface area contributed by atoms with Crippen LogP contribution in [-0.2, 0) is 9.47 Å². The van der Waals surface area contributed by atoms with Crippen molar-refractivity contribution in [3.8, 4) is 0 Å². The normalized spacial score (nSPS) is 39.2. The fourth-order valence-electron chi connectivity index (χ4n) is 9.95. The van der Waals surface area contributed by atoms with Crippen molar-refractivity contribution in [2.24, 2.45) is 40.4 Å². The lowest BCUT2D eigenvalue weighted by Gasteiger charge is -2.62. The van der Waals surface area contributed by atoms with Crippen LogP contribution in [0.2, 0.25) is 0 Å². The van der Waals surface area contributed by atoms with Crippen molar-refractivity contribution in [1.29, 1.82) is 0 Å². The molecule has 2 aromatic carbocycles. The number of rotatable bonds is 5. The average molecular weight is 545 g/mol. The third-order valence-electron chi connectivity index (χ3n) is 11.8. The number of aliphatic hydroxyl groups excluding tert-OH is 1. The zero-order chi connectivity index (χ0) is 28.1. The van der Waals surface area contributed by atoms with Crippen LogP contribution in [0.15, 0.2) is 60.7 Å². The van der Waals surface area contributed by atoms with Crippen molar-refractivity contribution in [1.82, 2.24) is 0 Å². The van der Waals surface area contributed by atoms with E-state index < -0.39 is 0 Å². The van der Waals surface area contributed by atoms with E-state index in [0.717, 1.165) is 51.4 Å². The molecule has 0 heterocycles. The lowest BCUT2D eigenvalue weighted by Crippen LogP contribution is -2.59. The zero-order valence-corrected chi connectivity index (χ0v) is 24.1. The molecule has 10 unspecified atom stereocenters. The number of ether oxygens (including phenoxy) is 2. The average Bonchev–Trinajstić information content (AvgIpc) is 3.30. The zero-order valence-electron chi connectivity index (χ0n) is 24.1. The molecule has 0 radical (unpaired) electrons. The van der Waals surface area contributed by atoms with Crippen molar-refractivity contribution < 1.29 is 24.2 Å². The molecule has 0 aliphatic heterocycles. The van der Waals surface area contributed by atoms with E-state index in [1.165, 1.54) is 0 Å². The van der Waals surface area contributed by atoms with E-state index in [0.29, 0.717) is 28.9 Å². The van der Waals surface area contributed by atoms with Crippen molar-refractivity contribution in [3.05, 3.63) is 71.8 Å². The van der Waals surface area contributed by atoms with E-state index in [1.54, 1.807) is 12.1 Å². The van der Waals surface area contributed by atoms with Gasteiger partial charge in [-0.2, -0.15) is 0 Å². The number of esters is 2. The molecule has 0 spiro atoms. The first kappa shape index (κ1) is 27.5. The summed E-state index contributed by atoms with van der Waals surface area (Å²) in [5.41, 5.74) is 1.22. The second-order valence-corrected chi connectivity index (χ2v) is 13.7. The fourth-order valence-corrected chi connectivity index (χ4v) is 9.95. The van der Waals surface area contributed by atoms with Crippen LogP contribution in [0, 0.1) is 40.4 Å². The first-order valence-corrected chi connectivity index (χ1v) is 15.4. The van der Waals surface area contributed by atoms with E-state index in [-0.39, 0.29) is 52.9 Å². The molecule has 0 saturated heterocycles. The van der Waals surface area contributed by atoms with Crippen LogP contribution in [0.3, 0.4) is 0 Å². The summed E-state index contributed by atoms with van der Waals surface area (Å²) in [6.07, 6.45) is 7.33. The summed E-state index contributed by atoms with van der Waals surface area (Å²) in [6, 6.07) is 18.5. The van der Waals surface area contributed by atoms with Gasteiger partial charge in [-0.3, -0.25) is 0 Å². The summed E-state index contributed by atoms with van der Waals surface area (Å²) < 4.78 is 12.0. The van der Waals surface area contributed by atoms with Crippen LogP contribution in [0.5, 0.6) is 0 Å². The third-order valence-corrected chi connectivity index (χ3v) is 11.8. The van der Waals surface area contributed by atoms with Gasteiger partial charge in [0.15, 0.2) is 0 Å². The first-order valence-electron chi connectivity index (χ1n) is 15.4. The van der Waals surface area contributed by atoms with E-state index in [9.17, 15) is 14.7 Å². The van der Waals surface area contributed by atoms with Gasteiger partial charge in [0.2, 0.25) is 0 Å². The van der Waals surface area contributed by atoms with Gasteiger partial charge in [0.25, 0.3) is 0 Å². The van der Waals surface area contributed by atoms with Crippen molar-refractivity contribution in [2.45, 2.75) is 90.4 Å². The molecule has 5 heteroatoms. The Morgan fingerprint density at radius 1 is 0.850 bits per heavy atom. The molecule has 214 valence electrons. The number of carbonyl (C=O) groups is 2. The van der Waals surface area contributed by atoms with Gasteiger partial charge in [-0.05, 0) is 117 Å².